The molecule has 48 heavy (non-hydrogen) atoms. The lowest BCUT2D eigenvalue weighted by Gasteiger charge is -2.33. The van der Waals surface area contributed by atoms with Gasteiger partial charge in [-0.1, -0.05) is 52.7 Å². The van der Waals surface area contributed by atoms with E-state index in [1.807, 2.05) is 34.6 Å². The van der Waals surface area contributed by atoms with Crippen molar-refractivity contribution in [1.82, 2.24) is 30.8 Å². The maximum Gasteiger partial charge on any atom is 0.246 e. The Balaban J connectivity index is 1.41. The van der Waals surface area contributed by atoms with Crippen molar-refractivity contribution in [1.29, 1.82) is 0 Å². The van der Waals surface area contributed by atoms with Gasteiger partial charge < -0.3 is 10.2 Å². The van der Waals surface area contributed by atoms with Gasteiger partial charge in [0.2, 0.25) is 17.6 Å². The molecule has 2 amide bonds. The van der Waals surface area contributed by atoms with Crippen LogP contribution in [0.15, 0.2) is 0 Å². The van der Waals surface area contributed by atoms with Crippen LogP contribution in [-0.2, 0) is 35.2 Å². The highest BCUT2D eigenvalue weighted by molar-refractivity contribution is 6.38. The third kappa shape index (κ3) is 9.87. The summed E-state index contributed by atoms with van der Waals surface area (Å²) >= 11 is 0. The first-order chi connectivity index (χ1) is 22.9. The predicted octanol–water partition coefficient (Wildman–Crippen LogP) is 4.23. The number of unbranched alkanes of at least 4 members (excludes halogenated alkanes) is 1. The summed E-state index contributed by atoms with van der Waals surface area (Å²) < 4.78 is 0. The molecule has 12 nitrogen and oxygen atoms in total. The molecule has 3 aliphatic rings. The molecule has 2 N–H and O–H groups in total. The monoisotopic (exact) mass is 668 g/mol. The van der Waals surface area contributed by atoms with Crippen LogP contribution >= 0.6 is 0 Å². The lowest BCUT2D eigenvalue weighted by molar-refractivity contribution is -0.145. The van der Waals surface area contributed by atoms with Gasteiger partial charge in [0.05, 0.1) is 6.04 Å². The summed E-state index contributed by atoms with van der Waals surface area (Å²) in [6.07, 6.45) is 8.52. The number of carbonyl (C=O) groups is 6. The molecule has 12 heteroatoms. The first-order valence-corrected chi connectivity index (χ1v) is 18.4. The molecule has 2 saturated carbocycles. The van der Waals surface area contributed by atoms with E-state index in [4.69, 9.17) is 0 Å². The van der Waals surface area contributed by atoms with Crippen LogP contribution in [0, 0.1) is 41.4 Å². The molecular weight excluding hydrogens is 612 g/mol. The minimum Gasteiger partial charge on any atom is -0.344 e. The van der Waals surface area contributed by atoms with Crippen LogP contribution in [0.25, 0.3) is 0 Å². The molecule has 1 aromatic rings. The van der Waals surface area contributed by atoms with E-state index in [1.54, 1.807) is 4.90 Å². The summed E-state index contributed by atoms with van der Waals surface area (Å²) in [6, 6.07) is -1.52. The normalized spacial score (nSPS) is 22.4. The van der Waals surface area contributed by atoms with Crippen molar-refractivity contribution in [3.05, 3.63) is 5.82 Å². The van der Waals surface area contributed by atoms with E-state index in [-0.39, 0.29) is 72.1 Å². The maximum atomic E-state index is 14.3. The zero-order valence-electron chi connectivity index (χ0n) is 29.5. The zero-order valence-corrected chi connectivity index (χ0v) is 29.5. The Hall–Kier alpha value is -3.31. The summed E-state index contributed by atoms with van der Waals surface area (Å²) in [6.45, 7) is 9.94. The van der Waals surface area contributed by atoms with Gasteiger partial charge in [-0.2, -0.15) is 5.21 Å². The fourth-order valence-electron chi connectivity index (χ4n) is 7.72. The van der Waals surface area contributed by atoms with E-state index >= 15 is 0 Å². The Morgan fingerprint density at radius 3 is 2.33 bits per heavy atom. The number of hydrogen-bond donors (Lipinski definition) is 2. The van der Waals surface area contributed by atoms with Crippen LogP contribution in [0.4, 0.5) is 0 Å². The average molecular weight is 669 g/mol. The Kier molecular flexibility index (Phi) is 13.6. The molecule has 1 saturated heterocycles. The number of carbonyl (C=O) groups excluding carboxylic acids is 6. The number of tetrazole rings is 1. The highest BCUT2D eigenvalue weighted by Gasteiger charge is 2.51. The smallest absolute Gasteiger partial charge is 0.246 e. The van der Waals surface area contributed by atoms with Crippen molar-refractivity contribution in [3.8, 4) is 0 Å². The van der Waals surface area contributed by atoms with Crippen LogP contribution < -0.4 is 5.32 Å². The molecule has 3 fully saturated rings. The van der Waals surface area contributed by atoms with Gasteiger partial charge in [-0.15, -0.1) is 10.2 Å². The number of hydrogen-bond acceptors (Lipinski definition) is 9. The lowest BCUT2D eigenvalue weighted by Crippen LogP contribution is -2.56. The van der Waals surface area contributed by atoms with Crippen LogP contribution in [0.2, 0.25) is 0 Å². The third-order valence-electron chi connectivity index (χ3n) is 10.7. The van der Waals surface area contributed by atoms with Crippen molar-refractivity contribution in [3.63, 3.8) is 0 Å². The highest BCUT2D eigenvalue weighted by atomic mass is 16.2. The van der Waals surface area contributed by atoms with E-state index in [2.05, 4.69) is 25.9 Å². The predicted molar refractivity (Wildman–Crippen MR) is 178 cm³/mol. The molecule has 2 heterocycles. The number of aromatic nitrogens is 4. The van der Waals surface area contributed by atoms with Gasteiger partial charge in [0.1, 0.15) is 11.8 Å². The zero-order chi connectivity index (χ0) is 35.0. The third-order valence-corrected chi connectivity index (χ3v) is 10.7. The first kappa shape index (κ1) is 37.5. The number of ketones is 4. The van der Waals surface area contributed by atoms with Crippen LogP contribution in [0.1, 0.15) is 124 Å². The number of aromatic amines is 1. The van der Waals surface area contributed by atoms with E-state index in [9.17, 15) is 28.8 Å². The topological polar surface area (TPSA) is 172 Å². The number of aryl methyl sites for hydroxylation is 1. The molecule has 266 valence electrons. The van der Waals surface area contributed by atoms with Gasteiger partial charge in [0.15, 0.2) is 17.4 Å². The van der Waals surface area contributed by atoms with E-state index in [0.717, 1.165) is 38.5 Å². The molecule has 2 unspecified atom stereocenters. The highest BCUT2D eigenvalue weighted by Crippen LogP contribution is 2.44. The van der Waals surface area contributed by atoms with Crippen LogP contribution in [0.5, 0.6) is 0 Å². The van der Waals surface area contributed by atoms with Gasteiger partial charge in [-0.05, 0) is 74.5 Å². The van der Waals surface area contributed by atoms with Crippen molar-refractivity contribution < 1.29 is 28.8 Å². The van der Waals surface area contributed by atoms with E-state index < -0.39 is 29.7 Å². The summed E-state index contributed by atoms with van der Waals surface area (Å²) in [5, 5.41) is 16.8. The molecule has 0 spiro atoms. The molecule has 0 radical (unpaired) electrons. The molecule has 1 aliphatic heterocycles. The average Bonchev–Trinajstić information content (AvgIpc) is 3.38. The SMILES string of the molecule is CCCC(CC(=O)[C@@H]1[C@H]2CCCC2CN1C(=O)[C@@H](NC(=O)[C@H](CC(=O)CCCCc1nn[nH]n1)C(C)C)C(C)C)C(=O)C(=O)CC1CC1. The largest absolute Gasteiger partial charge is 0.344 e. The van der Waals surface area contributed by atoms with E-state index in [1.165, 1.54) is 0 Å². The van der Waals surface area contributed by atoms with E-state index in [0.29, 0.717) is 50.4 Å². The Morgan fingerprint density at radius 1 is 0.958 bits per heavy atom. The quantitative estimate of drug-likeness (QED) is 0.144. The molecule has 0 aromatic carbocycles. The Bertz CT molecular complexity index is 1290. The molecule has 1 aromatic heterocycles. The summed E-state index contributed by atoms with van der Waals surface area (Å²) in [5.74, 6) is -2.08. The maximum absolute atomic E-state index is 14.3. The fraction of sp³-hybridized carbons (Fsp3) is 0.806. The van der Waals surface area contributed by atoms with Crippen molar-refractivity contribution in [2.24, 2.45) is 41.4 Å². The standard InChI is InChI=1S/C36H56N6O6/c1-6-10-24(34(46)30(45)17-23-15-16-23)18-29(44)33-27-13-9-11-25(27)20-42(33)36(48)32(22(4)5)37-35(47)28(21(2)3)19-26(43)12-7-8-14-31-38-40-41-39-31/h21-25,27-28,32-33H,6-20H2,1-5H3,(H,37,47)(H,38,39,40,41)/t24?,25?,27-,28+,32-,33-/m0/s1. The number of H-pyrrole nitrogens is 1. The van der Waals surface area contributed by atoms with Crippen LogP contribution in [0.3, 0.4) is 0 Å². The second-order valence-corrected chi connectivity index (χ2v) is 15.2. The molecule has 4 rings (SSSR count). The van der Waals surface area contributed by atoms with Gasteiger partial charge in [0.25, 0.3) is 0 Å². The number of rotatable bonds is 21. The number of fused-ring (bicyclic) bond motifs is 1. The minimum atomic E-state index is -0.855. The van der Waals surface area contributed by atoms with Crippen LogP contribution in [-0.4, -0.2) is 79.1 Å². The minimum absolute atomic E-state index is 0.00536. The van der Waals surface area contributed by atoms with Gasteiger partial charge in [-0.3, -0.25) is 28.8 Å². The Labute approximate surface area is 284 Å². The van der Waals surface area contributed by atoms with Crippen molar-refractivity contribution >= 4 is 34.9 Å². The van der Waals surface area contributed by atoms with Gasteiger partial charge >= 0.3 is 0 Å². The molecule has 0 bridgehead atoms. The number of amides is 2. The number of nitrogens with one attached hydrogen (secondary N) is 2. The van der Waals surface area contributed by atoms with Crippen molar-refractivity contribution in [2.75, 3.05) is 6.54 Å². The summed E-state index contributed by atoms with van der Waals surface area (Å²) in [4.78, 5) is 82.5. The Morgan fingerprint density at radius 2 is 1.71 bits per heavy atom. The number of nitrogens with zero attached hydrogens (tertiary/aromatic N) is 4. The fourth-order valence-corrected chi connectivity index (χ4v) is 7.72. The first-order valence-electron chi connectivity index (χ1n) is 18.4. The number of Topliss-reactive ketones (excluding diaryl/α,β-unsaturated/α-hetero) is 4. The summed E-state index contributed by atoms with van der Waals surface area (Å²) in [7, 11) is 0. The molecule has 6 atom stereocenters. The second-order valence-electron chi connectivity index (χ2n) is 15.2. The summed E-state index contributed by atoms with van der Waals surface area (Å²) in [5.41, 5.74) is 0. The molecular formula is C36H56N6O6. The van der Waals surface area contributed by atoms with Gasteiger partial charge in [-0.25, -0.2) is 0 Å². The number of likely N-dealkylation sites (tertiary alicyclic amines) is 1. The van der Waals surface area contributed by atoms with Gasteiger partial charge in [0, 0.05) is 50.5 Å². The molecule has 2 aliphatic carbocycles. The van der Waals surface area contributed by atoms with Crippen molar-refractivity contribution in [2.45, 2.75) is 137 Å². The lowest BCUT2D eigenvalue weighted by atomic mass is 9.84. The second kappa shape index (κ2) is 17.4.